The van der Waals surface area contributed by atoms with Gasteiger partial charge in [-0.15, -0.1) is 0 Å². The lowest BCUT2D eigenvalue weighted by atomic mass is 9.93. The van der Waals surface area contributed by atoms with Gasteiger partial charge in [-0.05, 0) is 54.2 Å². The van der Waals surface area contributed by atoms with Gasteiger partial charge in [0, 0.05) is 41.3 Å². The van der Waals surface area contributed by atoms with Crippen molar-refractivity contribution in [1.82, 2.24) is 4.98 Å². The minimum Gasteiger partial charge on any atom is -0.481 e. The van der Waals surface area contributed by atoms with Gasteiger partial charge in [-0.3, -0.25) is 14.6 Å². The molecule has 208 valence electrons. The summed E-state index contributed by atoms with van der Waals surface area (Å²) in [6.45, 7) is 6.20. The fourth-order valence-corrected chi connectivity index (χ4v) is 4.67. The zero-order chi connectivity index (χ0) is 29.1. The summed E-state index contributed by atoms with van der Waals surface area (Å²) in [4.78, 5) is 25.7. The summed E-state index contributed by atoms with van der Waals surface area (Å²) in [5.41, 5.74) is 6.48. The van der Waals surface area contributed by atoms with Crippen LogP contribution in [0.2, 0.25) is 5.02 Å². The van der Waals surface area contributed by atoms with E-state index in [1.165, 1.54) is 0 Å². The molecule has 0 bridgehead atoms. The van der Waals surface area contributed by atoms with Gasteiger partial charge in [0.2, 0.25) is 0 Å². The molecular weight excluding hydrogens is 524 g/mol. The van der Waals surface area contributed by atoms with Crippen LogP contribution in [0.1, 0.15) is 50.8 Å². The first-order chi connectivity index (χ1) is 19.4. The number of carbonyl (C=O) groups excluding carboxylic acids is 1. The van der Waals surface area contributed by atoms with Gasteiger partial charge >= 0.3 is 5.97 Å². The fraction of sp³-hybridized carbons (Fsp3) is 0.242. The Morgan fingerprint density at radius 3 is 2.08 bits per heavy atom. The van der Waals surface area contributed by atoms with E-state index < -0.39 is 11.4 Å². The van der Waals surface area contributed by atoms with E-state index in [4.69, 9.17) is 16.3 Å². The number of nitrogens with zero attached hydrogens (tertiary/aromatic N) is 1. The number of nitrogens with one attached hydrogen (secondary N) is 1. The first-order valence-electron chi connectivity index (χ1n) is 13.3. The molecule has 4 aromatic rings. The van der Waals surface area contributed by atoms with Gasteiger partial charge in [0.25, 0.3) is 6.47 Å². The van der Waals surface area contributed by atoms with Gasteiger partial charge < -0.3 is 15.2 Å². The van der Waals surface area contributed by atoms with Crippen LogP contribution in [0, 0.1) is 0 Å². The van der Waals surface area contributed by atoms with Gasteiger partial charge in [0.1, 0.15) is 6.10 Å². The Morgan fingerprint density at radius 2 is 1.55 bits per heavy atom. The summed E-state index contributed by atoms with van der Waals surface area (Å²) in [6, 6.07) is 25.5. The van der Waals surface area contributed by atoms with Gasteiger partial charge in [-0.1, -0.05) is 92.2 Å². The molecule has 0 saturated heterocycles. The Balaban J connectivity index is 0.000000265. The summed E-state index contributed by atoms with van der Waals surface area (Å²) in [7, 11) is 1.90. The van der Waals surface area contributed by atoms with E-state index in [0.717, 1.165) is 51.9 Å². The van der Waals surface area contributed by atoms with Crippen molar-refractivity contribution in [2.75, 3.05) is 12.4 Å². The van der Waals surface area contributed by atoms with Crippen LogP contribution in [0.5, 0.6) is 0 Å². The smallest absolute Gasteiger partial charge is 0.314 e. The van der Waals surface area contributed by atoms with E-state index >= 15 is 0 Å². The minimum absolute atomic E-state index is 0.281. The predicted molar refractivity (Wildman–Crippen MR) is 162 cm³/mol. The number of pyridine rings is 1. The Morgan fingerprint density at radius 1 is 0.975 bits per heavy atom. The van der Waals surface area contributed by atoms with E-state index in [-0.39, 0.29) is 6.10 Å². The Kier molecular flexibility index (Phi) is 10.9. The number of halogens is 1. The molecule has 2 N–H and O–H groups in total. The number of rotatable bonds is 8. The summed E-state index contributed by atoms with van der Waals surface area (Å²) < 4.78 is 4.74. The zero-order valence-electron chi connectivity index (χ0n) is 23.2. The second kappa shape index (κ2) is 14.3. The standard InChI is InChI=1S/C22H20N2O2.C9H9ClO2.C2H6/c1-23-20-10-13-24-14-19(20)17-4-2-15(3-5-17)16-6-8-18(9-7-16)22(11-12-22)21(25)26;1-7(12-6-11)8-4-2-3-5-9(8)10;1-2/h2-10,13-14H,11-12H2,1H3,(H,23,24)(H,25,26);2-7H,1H3;1-2H3. The number of carboxylic acids is 1. The van der Waals surface area contributed by atoms with E-state index in [0.29, 0.717) is 11.5 Å². The molecule has 1 unspecified atom stereocenters. The van der Waals surface area contributed by atoms with Crippen LogP contribution < -0.4 is 5.32 Å². The van der Waals surface area contributed by atoms with Gasteiger partial charge in [-0.2, -0.15) is 0 Å². The molecule has 0 radical (unpaired) electrons. The first-order valence-corrected chi connectivity index (χ1v) is 13.7. The highest BCUT2D eigenvalue weighted by atomic mass is 35.5. The molecule has 0 spiro atoms. The van der Waals surface area contributed by atoms with Crippen molar-refractivity contribution in [1.29, 1.82) is 0 Å². The summed E-state index contributed by atoms with van der Waals surface area (Å²) in [5.74, 6) is -0.716. The highest BCUT2D eigenvalue weighted by molar-refractivity contribution is 6.31. The van der Waals surface area contributed by atoms with Crippen molar-refractivity contribution < 1.29 is 19.4 Å². The number of carboxylic acid groups (broad SMARTS) is 1. The van der Waals surface area contributed by atoms with E-state index in [1.54, 1.807) is 19.2 Å². The Labute approximate surface area is 241 Å². The zero-order valence-corrected chi connectivity index (χ0v) is 24.0. The van der Waals surface area contributed by atoms with Crippen LogP contribution in [0.15, 0.2) is 91.3 Å². The van der Waals surface area contributed by atoms with Crippen LogP contribution in [-0.2, 0) is 19.7 Å². The Bertz CT molecular complexity index is 1400. The van der Waals surface area contributed by atoms with Crippen LogP contribution in [0.4, 0.5) is 5.69 Å². The number of hydrogen-bond acceptors (Lipinski definition) is 5. The van der Waals surface area contributed by atoms with E-state index in [1.807, 2.05) is 75.6 Å². The second-order valence-electron chi connectivity index (χ2n) is 9.11. The molecule has 0 amide bonds. The summed E-state index contributed by atoms with van der Waals surface area (Å²) >= 11 is 5.86. The molecule has 5 rings (SSSR count). The third kappa shape index (κ3) is 7.07. The van der Waals surface area contributed by atoms with Crippen molar-refractivity contribution in [3.05, 3.63) is 107 Å². The Hall–Kier alpha value is -4.16. The molecule has 1 aliphatic carbocycles. The summed E-state index contributed by atoms with van der Waals surface area (Å²) in [6.07, 6.45) is 4.81. The lowest BCUT2D eigenvalue weighted by molar-refractivity contribution is -0.140. The molecule has 7 heteroatoms. The van der Waals surface area contributed by atoms with Crippen LogP contribution in [0.3, 0.4) is 0 Å². The number of anilines is 1. The summed E-state index contributed by atoms with van der Waals surface area (Å²) in [5, 5.41) is 13.2. The van der Waals surface area contributed by atoms with Gasteiger partial charge in [-0.25, -0.2) is 0 Å². The van der Waals surface area contributed by atoms with Gasteiger partial charge in [0.05, 0.1) is 5.41 Å². The third-order valence-corrected chi connectivity index (χ3v) is 7.16. The van der Waals surface area contributed by atoms with E-state index in [2.05, 4.69) is 34.6 Å². The van der Waals surface area contributed by atoms with Crippen molar-refractivity contribution in [2.24, 2.45) is 0 Å². The van der Waals surface area contributed by atoms with Gasteiger partial charge in [0.15, 0.2) is 0 Å². The third-order valence-electron chi connectivity index (χ3n) is 6.82. The van der Waals surface area contributed by atoms with Crippen LogP contribution in [-0.4, -0.2) is 29.6 Å². The van der Waals surface area contributed by atoms with Crippen molar-refractivity contribution in [3.63, 3.8) is 0 Å². The molecule has 40 heavy (non-hydrogen) atoms. The molecule has 1 aromatic heterocycles. The molecule has 0 aliphatic heterocycles. The molecule has 1 atom stereocenters. The average molecular weight is 559 g/mol. The molecule has 1 aliphatic rings. The maximum absolute atomic E-state index is 11.5. The maximum Gasteiger partial charge on any atom is 0.314 e. The highest BCUT2D eigenvalue weighted by Crippen LogP contribution is 2.48. The van der Waals surface area contributed by atoms with Crippen LogP contribution >= 0.6 is 11.6 Å². The highest BCUT2D eigenvalue weighted by Gasteiger charge is 2.51. The molecule has 6 nitrogen and oxygen atoms in total. The number of aromatic nitrogens is 1. The number of hydrogen-bond donors (Lipinski definition) is 2. The minimum atomic E-state index is -0.716. The quantitative estimate of drug-likeness (QED) is 0.212. The van der Waals surface area contributed by atoms with Crippen molar-refractivity contribution in [2.45, 2.75) is 45.1 Å². The second-order valence-corrected chi connectivity index (χ2v) is 9.52. The SMILES string of the molecule is CC.CC(OC=O)c1ccccc1Cl.CNc1ccncc1-c1ccc(-c2ccc(C3(C(=O)O)CC3)cc2)cc1. The predicted octanol–water partition coefficient (Wildman–Crippen LogP) is 8.17. The largest absolute Gasteiger partial charge is 0.481 e. The van der Waals surface area contributed by atoms with Crippen molar-refractivity contribution in [3.8, 4) is 22.3 Å². The molecule has 1 heterocycles. The molecule has 1 fully saturated rings. The maximum atomic E-state index is 11.5. The van der Waals surface area contributed by atoms with Crippen LogP contribution in [0.25, 0.3) is 22.3 Å². The average Bonchev–Trinajstić information content (AvgIpc) is 3.82. The molecular formula is C33H35ClN2O4. The number of benzene rings is 3. The first kappa shape index (κ1) is 30.4. The molecule has 3 aromatic carbocycles. The monoisotopic (exact) mass is 558 g/mol. The van der Waals surface area contributed by atoms with Crippen molar-refractivity contribution >= 4 is 29.7 Å². The topological polar surface area (TPSA) is 88.5 Å². The normalized spacial score (nSPS) is 13.3. The fourth-order valence-electron chi connectivity index (χ4n) is 4.38. The molecule has 1 saturated carbocycles. The lowest BCUT2D eigenvalue weighted by Crippen LogP contribution is -2.19. The lowest BCUT2D eigenvalue weighted by Gasteiger charge is -2.12. The number of carbonyl (C=O) groups is 2. The van der Waals surface area contributed by atoms with E-state index in [9.17, 15) is 14.7 Å². The number of ether oxygens (including phenoxy) is 1. The number of aliphatic carboxylic acids is 1.